The van der Waals surface area contributed by atoms with E-state index in [0.29, 0.717) is 5.56 Å². The standard InChI is InChI=1S/C15H14NO2/c1-18-15(17)12-6-7-14-13-5-3-2-4-11(13)8-9-16(14)10-12/h2-7,10H,8-9H2,1H3/q+1. The van der Waals surface area contributed by atoms with Crippen LogP contribution in [-0.2, 0) is 17.7 Å². The fourth-order valence-corrected chi connectivity index (χ4v) is 2.44. The van der Waals surface area contributed by atoms with E-state index in [1.165, 1.54) is 18.2 Å². The SMILES string of the molecule is COC(=O)c1ccc2[n+](c1)CCc1ccccc1-2. The summed E-state index contributed by atoms with van der Waals surface area (Å²) >= 11 is 0. The topological polar surface area (TPSA) is 30.2 Å². The Morgan fingerprint density at radius 2 is 2.06 bits per heavy atom. The second kappa shape index (κ2) is 4.26. The second-order valence-corrected chi connectivity index (χ2v) is 4.40. The van der Waals surface area contributed by atoms with Gasteiger partial charge in [-0.3, -0.25) is 0 Å². The molecule has 1 aliphatic rings. The van der Waals surface area contributed by atoms with Gasteiger partial charge in [0.1, 0.15) is 5.56 Å². The normalized spacial score (nSPS) is 12.5. The Morgan fingerprint density at radius 3 is 2.89 bits per heavy atom. The third kappa shape index (κ3) is 1.68. The number of pyridine rings is 1. The maximum atomic E-state index is 11.5. The second-order valence-electron chi connectivity index (χ2n) is 4.40. The number of methoxy groups -OCH3 is 1. The Labute approximate surface area is 106 Å². The largest absolute Gasteiger partial charge is 0.465 e. The summed E-state index contributed by atoms with van der Waals surface area (Å²) in [5.74, 6) is -0.288. The van der Waals surface area contributed by atoms with Crippen LogP contribution < -0.4 is 4.57 Å². The molecule has 3 nitrogen and oxygen atoms in total. The number of nitrogens with zero attached hydrogens (tertiary/aromatic N) is 1. The fraction of sp³-hybridized carbons (Fsp3) is 0.200. The number of benzene rings is 1. The number of ether oxygens (including phenoxy) is 1. The van der Waals surface area contributed by atoms with Crippen LogP contribution in [0.5, 0.6) is 0 Å². The minimum absolute atomic E-state index is 0.288. The van der Waals surface area contributed by atoms with Crippen molar-refractivity contribution in [3.63, 3.8) is 0 Å². The minimum Gasteiger partial charge on any atom is -0.465 e. The molecule has 0 aliphatic carbocycles. The van der Waals surface area contributed by atoms with E-state index in [2.05, 4.69) is 22.8 Å². The molecule has 0 unspecified atom stereocenters. The van der Waals surface area contributed by atoms with Crippen LogP contribution in [-0.4, -0.2) is 13.1 Å². The summed E-state index contributed by atoms with van der Waals surface area (Å²) in [4.78, 5) is 11.5. The fourth-order valence-electron chi connectivity index (χ4n) is 2.44. The molecule has 1 aromatic carbocycles. The quantitative estimate of drug-likeness (QED) is 0.563. The van der Waals surface area contributed by atoms with Crippen LogP contribution in [0.25, 0.3) is 11.3 Å². The van der Waals surface area contributed by atoms with Crippen LogP contribution in [0, 0.1) is 0 Å². The van der Waals surface area contributed by atoms with Gasteiger partial charge in [-0.15, -0.1) is 0 Å². The molecule has 18 heavy (non-hydrogen) atoms. The molecule has 90 valence electrons. The first-order valence-electron chi connectivity index (χ1n) is 5.99. The van der Waals surface area contributed by atoms with Crippen molar-refractivity contribution in [1.82, 2.24) is 0 Å². The van der Waals surface area contributed by atoms with Crippen molar-refractivity contribution in [2.75, 3.05) is 7.11 Å². The molecular weight excluding hydrogens is 226 g/mol. The summed E-state index contributed by atoms with van der Waals surface area (Å²) in [5, 5.41) is 0. The monoisotopic (exact) mass is 240 g/mol. The van der Waals surface area contributed by atoms with Gasteiger partial charge in [-0.05, 0) is 17.7 Å². The number of rotatable bonds is 1. The van der Waals surface area contributed by atoms with Crippen LogP contribution in [0.4, 0.5) is 0 Å². The van der Waals surface area contributed by atoms with Gasteiger partial charge in [0.2, 0.25) is 5.69 Å². The third-order valence-corrected chi connectivity index (χ3v) is 3.36. The van der Waals surface area contributed by atoms with Crippen LogP contribution in [0.1, 0.15) is 15.9 Å². The van der Waals surface area contributed by atoms with Gasteiger partial charge in [-0.25, -0.2) is 4.79 Å². The van der Waals surface area contributed by atoms with Crippen molar-refractivity contribution in [2.24, 2.45) is 0 Å². The number of hydrogen-bond donors (Lipinski definition) is 0. The number of carbonyl (C=O) groups excluding carboxylic acids is 1. The lowest BCUT2D eigenvalue weighted by molar-refractivity contribution is -0.687. The number of fused-ring (bicyclic) bond motifs is 3. The first-order valence-corrected chi connectivity index (χ1v) is 5.99. The van der Waals surface area contributed by atoms with Gasteiger partial charge in [0.25, 0.3) is 0 Å². The van der Waals surface area contributed by atoms with Crippen LogP contribution in [0.2, 0.25) is 0 Å². The highest BCUT2D eigenvalue weighted by atomic mass is 16.5. The van der Waals surface area contributed by atoms with Gasteiger partial charge in [0.15, 0.2) is 12.7 Å². The van der Waals surface area contributed by atoms with E-state index in [4.69, 9.17) is 4.74 Å². The van der Waals surface area contributed by atoms with Gasteiger partial charge >= 0.3 is 5.97 Å². The summed E-state index contributed by atoms with van der Waals surface area (Å²) in [7, 11) is 1.40. The van der Waals surface area contributed by atoms with Crippen molar-refractivity contribution in [1.29, 1.82) is 0 Å². The zero-order chi connectivity index (χ0) is 12.5. The Kier molecular flexibility index (Phi) is 2.59. The van der Waals surface area contributed by atoms with Gasteiger partial charge in [-0.2, -0.15) is 4.57 Å². The molecular formula is C15H14NO2+. The van der Waals surface area contributed by atoms with Gasteiger partial charge < -0.3 is 4.74 Å². The summed E-state index contributed by atoms with van der Waals surface area (Å²) in [6.45, 7) is 0.900. The molecule has 0 N–H and O–H groups in total. The van der Waals surface area contributed by atoms with Gasteiger partial charge in [0, 0.05) is 18.1 Å². The van der Waals surface area contributed by atoms with E-state index in [-0.39, 0.29) is 5.97 Å². The summed E-state index contributed by atoms with van der Waals surface area (Å²) in [5.41, 5.74) is 4.37. The van der Waals surface area contributed by atoms with Crippen molar-refractivity contribution >= 4 is 5.97 Å². The molecule has 1 aliphatic heterocycles. The lowest BCUT2D eigenvalue weighted by atomic mass is 9.97. The molecule has 0 atom stereocenters. The maximum Gasteiger partial charge on any atom is 0.343 e. The summed E-state index contributed by atoms with van der Waals surface area (Å²) < 4.78 is 6.86. The molecule has 0 spiro atoms. The van der Waals surface area contributed by atoms with E-state index in [1.807, 2.05) is 24.4 Å². The maximum absolute atomic E-state index is 11.5. The highest BCUT2D eigenvalue weighted by Crippen LogP contribution is 2.24. The molecule has 1 aromatic heterocycles. The third-order valence-electron chi connectivity index (χ3n) is 3.36. The van der Waals surface area contributed by atoms with Crippen LogP contribution >= 0.6 is 0 Å². The summed E-state index contributed by atoms with van der Waals surface area (Å²) in [6, 6.07) is 12.2. The van der Waals surface area contributed by atoms with E-state index < -0.39 is 0 Å². The molecule has 0 saturated carbocycles. The van der Waals surface area contributed by atoms with Gasteiger partial charge in [0.05, 0.1) is 7.11 Å². The lowest BCUT2D eigenvalue weighted by Crippen LogP contribution is -2.40. The van der Waals surface area contributed by atoms with E-state index in [0.717, 1.165) is 18.7 Å². The number of esters is 1. The zero-order valence-electron chi connectivity index (χ0n) is 10.2. The van der Waals surface area contributed by atoms with E-state index in [1.54, 1.807) is 0 Å². The Hall–Kier alpha value is -2.16. The predicted octanol–water partition coefficient (Wildman–Crippen LogP) is 1.98. The van der Waals surface area contributed by atoms with Crippen molar-refractivity contribution in [3.8, 4) is 11.3 Å². The highest BCUT2D eigenvalue weighted by molar-refractivity contribution is 5.88. The predicted molar refractivity (Wildman–Crippen MR) is 67.1 cm³/mol. The van der Waals surface area contributed by atoms with E-state index in [9.17, 15) is 4.79 Å². The number of aromatic nitrogens is 1. The lowest BCUT2D eigenvalue weighted by Gasteiger charge is -2.14. The first-order chi connectivity index (χ1) is 8.79. The number of carbonyl (C=O) groups is 1. The Bertz CT molecular complexity index is 620. The molecule has 0 fully saturated rings. The smallest absolute Gasteiger partial charge is 0.343 e. The zero-order valence-corrected chi connectivity index (χ0v) is 10.2. The van der Waals surface area contributed by atoms with Crippen molar-refractivity contribution in [2.45, 2.75) is 13.0 Å². The Morgan fingerprint density at radius 1 is 1.22 bits per heavy atom. The summed E-state index contributed by atoms with van der Waals surface area (Å²) in [6.07, 6.45) is 2.87. The van der Waals surface area contributed by atoms with Crippen LogP contribution in [0.15, 0.2) is 42.6 Å². The molecule has 0 radical (unpaired) electrons. The minimum atomic E-state index is -0.288. The van der Waals surface area contributed by atoms with Crippen LogP contribution in [0.3, 0.4) is 0 Å². The molecule has 2 heterocycles. The van der Waals surface area contributed by atoms with Gasteiger partial charge in [-0.1, -0.05) is 18.2 Å². The molecule has 2 aromatic rings. The molecule has 3 heteroatoms. The van der Waals surface area contributed by atoms with E-state index >= 15 is 0 Å². The molecule has 3 rings (SSSR count). The first kappa shape index (κ1) is 11.0. The van der Waals surface area contributed by atoms with Crippen molar-refractivity contribution < 1.29 is 14.1 Å². The number of hydrogen-bond acceptors (Lipinski definition) is 2. The molecule has 0 amide bonds. The Balaban J connectivity index is 2.11. The van der Waals surface area contributed by atoms with Crippen molar-refractivity contribution in [3.05, 3.63) is 53.7 Å². The highest BCUT2D eigenvalue weighted by Gasteiger charge is 2.23. The average molecular weight is 240 g/mol. The number of aryl methyl sites for hydroxylation is 2. The molecule has 0 bridgehead atoms. The molecule has 0 saturated heterocycles. The average Bonchev–Trinajstić information content (AvgIpc) is 2.45.